The molecule has 0 bridgehead atoms. The molecule has 0 radical (unpaired) electrons. The first kappa shape index (κ1) is 22.1. The zero-order chi connectivity index (χ0) is 23.6. The van der Waals surface area contributed by atoms with Gasteiger partial charge in [-0.2, -0.15) is 10.1 Å². The van der Waals surface area contributed by atoms with E-state index in [1.165, 1.54) is 4.68 Å². The van der Waals surface area contributed by atoms with E-state index in [1.54, 1.807) is 31.8 Å². The fraction of sp³-hybridized carbons (Fsp3) is 0.318. The van der Waals surface area contributed by atoms with E-state index in [1.807, 2.05) is 18.3 Å². The molecule has 0 aromatic carbocycles. The van der Waals surface area contributed by atoms with Crippen LogP contribution in [0, 0.1) is 5.92 Å². The van der Waals surface area contributed by atoms with Crippen LogP contribution in [0.25, 0.3) is 22.7 Å². The summed E-state index contributed by atoms with van der Waals surface area (Å²) in [5.41, 5.74) is 8.11. The molecule has 1 amide bonds. The lowest BCUT2D eigenvalue weighted by Gasteiger charge is -2.30. The number of rotatable bonds is 7. The Balaban J connectivity index is 1.63. The van der Waals surface area contributed by atoms with Gasteiger partial charge in [0.25, 0.3) is 5.89 Å². The summed E-state index contributed by atoms with van der Waals surface area (Å²) in [5, 5.41) is 11.0. The number of nitrogens with zero attached hydrogens (tertiary/aromatic N) is 7. The van der Waals surface area contributed by atoms with Gasteiger partial charge in [-0.05, 0) is 24.5 Å². The first-order chi connectivity index (χ1) is 15.8. The maximum atomic E-state index is 11.6. The van der Waals surface area contributed by atoms with Crippen LogP contribution >= 0.6 is 0 Å². The molecule has 4 aromatic heterocycles. The van der Waals surface area contributed by atoms with Crippen molar-refractivity contribution < 1.29 is 9.32 Å². The molecular formula is C22H25N9O2. The predicted molar refractivity (Wildman–Crippen MR) is 121 cm³/mol. The number of anilines is 1. The Morgan fingerprint density at radius 1 is 1.15 bits per heavy atom. The van der Waals surface area contributed by atoms with Gasteiger partial charge in [-0.25, -0.2) is 9.97 Å². The van der Waals surface area contributed by atoms with Crippen LogP contribution in [-0.2, 0) is 16.8 Å². The lowest BCUT2D eigenvalue weighted by atomic mass is 9.73. The number of nitrogens with two attached hydrogens (primary N) is 1. The number of amides is 1. The second kappa shape index (κ2) is 8.77. The topological polar surface area (TPSA) is 151 Å². The third-order valence-electron chi connectivity index (χ3n) is 5.84. The summed E-state index contributed by atoms with van der Waals surface area (Å²) >= 11 is 0. The number of carbonyl (C=O) groups excluding carboxylic acids is 1. The Kier molecular flexibility index (Phi) is 5.86. The summed E-state index contributed by atoms with van der Waals surface area (Å²) in [4.78, 5) is 28.9. The van der Waals surface area contributed by atoms with Crippen LogP contribution in [0.3, 0.4) is 0 Å². The second-order valence-corrected chi connectivity index (χ2v) is 8.14. The molecule has 0 saturated carbocycles. The van der Waals surface area contributed by atoms with Gasteiger partial charge < -0.3 is 15.6 Å². The number of likely N-dealkylation sites (N-methyl/N-ethyl adjacent to an activating group) is 1. The molecule has 4 heterocycles. The highest BCUT2D eigenvalue weighted by atomic mass is 16.5. The van der Waals surface area contributed by atoms with E-state index in [4.69, 9.17) is 10.3 Å². The number of pyridine rings is 1. The van der Waals surface area contributed by atoms with E-state index in [0.717, 1.165) is 16.8 Å². The largest absolute Gasteiger partial charge is 0.368 e. The maximum Gasteiger partial charge on any atom is 0.261 e. The molecule has 4 aromatic rings. The zero-order valence-electron chi connectivity index (χ0n) is 18.9. The number of hydrogen-bond donors (Lipinski definition) is 2. The summed E-state index contributed by atoms with van der Waals surface area (Å²) in [6.45, 7) is 6.36. The minimum Gasteiger partial charge on any atom is -0.368 e. The molecule has 0 aliphatic carbocycles. The Morgan fingerprint density at radius 2 is 1.91 bits per heavy atom. The fourth-order valence-corrected chi connectivity index (χ4v) is 3.40. The van der Waals surface area contributed by atoms with Crippen LogP contribution in [-0.4, -0.2) is 47.8 Å². The minimum atomic E-state index is -0.553. The Morgan fingerprint density at radius 3 is 2.55 bits per heavy atom. The van der Waals surface area contributed by atoms with Crippen molar-refractivity contribution in [2.24, 2.45) is 5.92 Å². The van der Waals surface area contributed by atoms with Crippen molar-refractivity contribution >= 4 is 11.9 Å². The summed E-state index contributed by atoms with van der Waals surface area (Å²) in [6, 6.07) is 3.91. The van der Waals surface area contributed by atoms with Crippen LogP contribution in [0.2, 0.25) is 0 Å². The quantitative estimate of drug-likeness (QED) is 0.434. The van der Waals surface area contributed by atoms with Gasteiger partial charge in [0.05, 0.1) is 22.9 Å². The highest BCUT2D eigenvalue weighted by Crippen LogP contribution is 2.38. The summed E-state index contributed by atoms with van der Waals surface area (Å²) in [5.74, 6) is 1.09. The third kappa shape index (κ3) is 4.29. The molecule has 4 rings (SSSR count). The molecule has 0 fully saturated rings. The Labute approximate surface area is 190 Å². The number of carbonyl (C=O) groups is 1. The van der Waals surface area contributed by atoms with Gasteiger partial charge in [-0.1, -0.05) is 25.1 Å². The van der Waals surface area contributed by atoms with Gasteiger partial charge >= 0.3 is 0 Å². The van der Waals surface area contributed by atoms with Crippen LogP contribution < -0.4 is 11.1 Å². The van der Waals surface area contributed by atoms with E-state index in [-0.39, 0.29) is 24.3 Å². The van der Waals surface area contributed by atoms with Gasteiger partial charge in [-0.3, -0.25) is 14.5 Å². The summed E-state index contributed by atoms with van der Waals surface area (Å²) < 4.78 is 7.07. The molecule has 3 N–H and O–H groups in total. The first-order valence-electron chi connectivity index (χ1n) is 10.4. The van der Waals surface area contributed by atoms with Crippen molar-refractivity contribution in [1.29, 1.82) is 0 Å². The van der Waals surface area contributed by atoms with Crippen molar-refractivity contribution in [3.8, 4) is 22.7 Å². The van der Waals surface area contributed by atoms with Crippen molar-refractivity contribution in [1.82, 2.24) is 40.2 Å². The van der Waals surface area contributed by atoms with Gasteiger partial charge in [0.15, 0.2) is 5.82 Å². The number of nitrogen functional groups attached to an aromatic ring is 1. The number of hydrogen-bond acceptors (Lipinski definition) is 9. The molecule has 1 atom stereocenters. The lowest BCUT2D eigenvalue weighted by molar-refractivity contribution is -0.121. The van der Waals surface area contributed by atoms with Crippen LogP contribution in [0.15, 0.2) is 47.6 Å². The van der Waals surface area contributed by atoms with E-state index in [2.05, 4.69) is 56.3 Å². The number of aromatic nitrogens is 7. The SMILES string of the molecule is CNC(=O)Cn1cc(-c2nc([C@](C)(c3ccc(-c4cnc(N)nc4)nc3)C(C)C)no2)cn1. The molecule has 33 heavy (non-hydrogen) atoms. The average Bonchev–Trinajstić information content (AvgIpc) is 3.49. The summed E-state index contributed by atoms with van der Waals surface area (Å²) in [6.07, 6.45) is 8.38. The number of nitrogens with one attached hydrogen (secondary N) is 1. The third-order valence-corrected chi connectivity index (χ3v) is 5.84. The zero-order valence-corrected chi connectivity index (χ0v) is 18.9. The molecular weight excluding hydrogens is 422 g/mol. The smallest absolute Gasteiger partial charge is 0.261 e. The second-order valence-electron chi connectivity index (χ2n) is 8.14. The summed E-state index contributed by atoms with van der Waals surface area (Å²) in [7, 11) is 1.58. The van der Waals surface area contributed by atoms with Crippen molar-refractivity contribution in [2.75, 3.05) is 12.8 Å². The van der Waals surface area contributed by atoms with Crippen molar-refractivity contribution in [2.45, 2.75) is 32.7 Å². The monoisotopic (exact) mass is 447 g/mol. The van der Waals surface area contributed by atoms with E-state index < -0.39 is 5.41 Å². The average molecular weight is 448 g/mol. The molecule has 170 valence electrons. The highest BCUT2D eigenvalue weighted by molar-refractivity contribution is 5.75. The molecule has 11 heteroatoms. The molecule has 11 nitrogen and oxygen atoms in total. The van der Waals surface area contributed by atoms with Gasteiger partial charge in [-0.15, -0.1) is 0 Å². The fourth-order valence-electron chi connectivity index (χ4n) is 3.40. The molecule has 0 aliphatic heterocycles. The highest BCUT2D eigenvalue weighted by Gasteiger charge is 2.38. The van der Waals surface area contributed by atoms with Crippen LogP contribution in [0.5, 0.6) is 0 Å². The van der Waals surface area contributed by atoms with Crippen molar-refractivity contribution in [3.63, 3.8) is 0 Å². The Hall–Kier alpha value is -4.15. The van der Waals surface area contributed by atoms with Crippen LogP contribution in [0.1, 0.15) is 32.2 Å². The minimum absolute atomic E-state index is 0.109. The Bertz CT molecular complexity index is 1250. The maximum absolute atomic E-state index is 11.6. The normalized spacial score (nSPS) is 13.1. The molecule has 0 spiro atoms. The predicted octanol–water partition coefficient (Wildman–Crippen LogP) is 2.08. The van der Waals surface area contributed by atoms with Gasteiger partial charge in [0, 0.05) is 37.4 Å². The van der Waals surface area contributed by atoms with Gasteiger partial charge in [0.1, 0.15) is 6.54 Å². The lowest BCUT2D eigenvalue weighted by Crippen LogP contribution is -2.31. The van der Waals surface area contributed by atoms with Crippen LogP contribution in [0.4, 0.5) is 5.95 Å². The van der Waals surface area contributed by atoms with E-state index >= 15 is 0 Å². The molecule has 0 saturated heterocycles. The van der Waals surface area contributed by atoms with E-state index in [9.17, 15) is 4.79 Å². The standard InChI is InChI=1S/C22H25N9O2/c1-13(2)22(3,16-5-6-17(25-10-16)14-7-26-21(23)27-8-14)20-29-19(33-30-20)15-9-28-31(11-15)12-18(32)24-4/h5-11,13H,12H2,1-4H3,(H,24,32)(H2,23,26,27)/t22-/m0/s1. The van der Waals surface area contributed by atoms with E-state index in [0.29, 0.717) is 17.3 Å². The molecule has 0 aliphatic rings. The van der Waals surface area contributed by atoms with Gasteiger partial charge in [0.2, 0.25) is 11.9 Å². The molecule has 0 unspecified atom stereocenters. The van der Waals surface area contributed by atoms with Crippen molar-refractivity contribution in [3.05, 3.63) is 54.5 Å². The first-order valence-corrected chi connectivity index (χ1v) is 10.4.